The number of Topliss-reactive ketones (excluding diaryl/α,β-unsaturated/α-hetero) is 1. The average Bonchev–Trinajstić information content (AvgIpc) is 3.35. The fraction of sp³-hybridized carbons (Fsp3) is 0.661. The lowest BCUT2D eigenvalue weighted by molar-refractivity contribution is -0.346. The van der Waals surface area contributed by atoms with Crippen molar-refractivity contribution in [3.63, 3.8) is 0 Å². The SMILES string of the molecule is CC[Si](CC)(CC)O[C@@H](C(=O)O[C@H]1C[C@@]2(O)[C@@H](OC(=O)c3ccccc3)[C@@H]3[C@]4(OC(C)=O)CO[C@@H]4C[C@H](O)[C@@]3(C)C(=O)[C@H](OCCN3CCCCC3)C(=C1C)C2(C)C)[C@@H](NC(=O)OC(C)(C)C)c1ccccc1. The quantitative estimate of drug-likeness (QED) is 0.0598. The number of benzene rings is 2. The molecule has 0 aromatic heterocycles. The number of hydrogen-bond acceptors (Lipinski definition) is 15. The van der Waals surface area contributed by atoms with Crippen LogP contribution in [0.1, 0.15) is 130 Å². The number of hydrogen-bond donors (Lipinski definition) is 3. The van der Waals surface area contributed by atoms with Crippen LogP contribution >= 0.6 is 0 Å². The van der Waals surface area contributed by atoms with Gasteiger partial charge in [0.15, 0.2) is 25.8 Å². The molecule has 1 amide bonds. The summed E-state index contributed by atoms with van der Waals surface area (Å²) in [5.74, 6) is -4.40. The van der Waals surface area contributed by atoms with Crippen molar-refractivity contribution in [2.45, 2.75) is 186 Å². The number of likely N-dealkylation sites (tertiary alicyclic amines) is 1. The molecule has 2 bridgehead atoms. The molecular weight excluding hydrogens is 953 g/mol. The van der Waals surface area contributed by atoms with Gasteiger partial charge in [0.25, 0.3) is 0 Å². The number of nitrogens with one attached hydrogen (secondary N) is 1. The molecule has 0 unspecified atom stereocenters. The van der Waals surface area contributed by atoms with Crippen molar-refractivity contribution < 1.29 is 67.0 Å². The van der Waals surface area contributed by atoms with Crippen LogP contribution in [0.25, 0.3) is 0 Å². The number of aliphatic hydroxyl groups is 2. The second-order valence-electron chi connectivity index (χ2n) is 22.7. The van der Waals surface area contributed by atoms with Gasteiger partial charge >= 0.3 is 24.0 Å². The average molecular weight is 1030 g/mol. The van der Waals surface area contributed by atoms with Gasteiger partial charge in [0.05, 0.1) is 42.3 Å². The number of piperidine rings is 1. The number of carbonyl (C=O) groups is 5. The number of alkyl carbamates (subject to hydrolysis) is 1. The summed E-state index contributed by atoms with van der Waals surface area (Å²) in [5, 5.41) is 29.7. The van der Waals surface area contributed by atoms with Crippen LogP contribution in [-0.4, -0.2) is 139 Å². The van der Waals surface area contributed by atoms with Gasteiger partial charge in [-0.05, 0) is 108 Å². The maximum absolute atomic E-state index is 16.2. The van der Waals surface area contributed by atoms with E-state index < -0.39 is 121 Å². The van der Waals surface area contributed by atoms with Crippen LogP contribution in [0.2, 0.25) is 18.1 Å². The molecule has 2 aromatic carbocycles. The fourth-order valence-corrected chi connectivity index (χ4v) is 15.3. The van der Waals surface area contributed by atoms with E-state index in [1.165, 1.54) is 6.92 Å². The van der Waals surface area contributed by atoms with E-state index in [0.717, 1.165) is 32.4 Å². The Morgan fingerprint density at radius 3 is 2.10 bits per heavy atom. The minimum atomic E-state index is -2.73. The van der Waals surface area contributed by atoms with E-state index in [4.69, 9.17) is 32.8 Å². The van der Waals surface area contributed by atoms with Crippen LogP contribution in [-0.2, 0) is 47.2 Å². The molecule has 2 aliphatic heterocycles. The molecule has 2 saturated heterocycles. The lowest BCUT2D eigenvalue weighted by Crippen LogP contribution is -2.82. The van der Waals surface area contributed by atoms with Crippen molar-refractivity contribution >= 4 is 38.1 Å². The largest absolute Gasteiger partial charge is 0.456 e. The summed E-state index contributed by atoms with van der Waals surface area (Å²) in [6.45, 7) is 21.5. The molecule has 2 saturated carbocycles. The van der Waals surface area contributed by atoms with E-state index in [1.54, 1.807) is 103 Å². The normalized spacial score (nSPS) is 31.0. The first-order valence-electron chi connectivity index (χ1n) is 26.4. The van der Waals surface area contributed by atoms with E-state index in [-0.39, 0.29) is 25.2 Å². The molecule has 2 aromatic rings. The molecule has 402 valence electrons. The number of fused-ring (bicyclic) bond motifs is 5. The molecule has 3 N–H and O–H groups in total. The van der Waals surface area contributed by atoms with Gasteiger partial charge in [-0.15, -0.1) is 0 Å². The Kier molecular flexibility index (Phi) is 16.9. The van der Waals surface area contributed by atoms with E-state index in [2.05, 4.69) is 10.2 Å². The zero-order valence-electron chi connectivity index (χ0n) is 44.8. The third-order valence-corrected chi connectivity index (χ3v) is 21.6. The molecular formula is C56H80N2O14Si. The molecule has 3 aliphatic carbocycles. The van der Waals surface area contributed by atoms with Crippen LogP contribution in [0.3, 0.4) is 0 Å². The van der Waals surface area contributed by atoms with Gasteiger partial charge < -0.3 is 53.3 Å². The van der Waals surface area contributed by atoms with E-state index in [9.17, 15) is 24.6 Å². The van der Waals surface area contributed by atoms with Crippen LogP contribution in [0.4, 0.5) is 4.79 Å². The van der Waals surface area contributed by atoms with E-state index in [1.807, 2.05) is 26.8 Å². The Labute approximate surface area is 432 Å². The predicted molar refractivity (Wildman–Crippen MR) is 274 cm³/mol. The highest BCUT2D eigenvalue weighted by molar-refractivity contribution is 6.73. The second kappa shape index (κ2) is 22.0. The minimum absolute atomic E-state index is 0.0962. The minimum Gasteiger partial charge on any atom is -0.456 e. The number of amides is 1. The third kappa shape index (κ3) is 10.8. The zero-order valence-corrected chi connectivity index (χ0v) is 45.8. The monoisotopic (exact) mass is 1030 g/mol. The van der Waals surface area contributed by atoms with E-state index in [0.29, 0.717) is 41.4 Å². The molecule has 4 fully saturated rings. The molecule has 0 spiro atoms. The molecule has 2 heterocycles. The van der Waals surface area contributed by atoms with Gasteiger partial charge in [-0.25, -0.2) is 14.4 Å². The van der Waals surface area contributed by atoms with Crippen LogP contribution in [0, 0.1) is 16.7 Å². The standard InChI is InChI=1S/C56H80N2O14Si/c1-12-73(13-2,14-3)72-45(43(37-24-18-15-19-25-37)57-51(64)71-52(6,7)8)50(63)68-39-33-56(65)48(69-49(62)38-26-20-16-21-27-38)46-54(11,40(60)32-41-55(46,34-67-41)70-36(5)59)47(61)44(42(35(39)4)53(56,9)10)66-31-30-58-28-22-17-23-29-58/h15-16,18-21,24-27,39-41,43-46,48,60,65H,12-14,17,22-23,28-34H2,1-11H3,(H,57,64)/t39-,40-,41+,43-,44+,45+,46-,48-,54+,55-,56+/m0/s1. The Morgan fingerprint density at radius 1 is 0.918 bits per heavy atom. The topological polar surface area (TPSA) is 206 Å². The van der Waals surface area contributed by atoms with Gasteiger partial charge in [0.2, 0.25) is 0 Å². The summed E-state index contributed by atoms with van der Waals surface area (Å²) in [4.78, 5) is 75.9. The van der Waals surface area contributed by atoms with Crippen molar-refractivity contribution in [2.24, 2.45) is 16.7 Å². The van der Waals surface area contributed by atoms with Gasteiger partial charge in [-0.2, -0.15) is 0 Å². The first kappa shape index (κ1) is 56.2. The highest BCUT2D eigenvalue weighted by Crippen LogP contribution is 2.64. The summed E-state index contributed by atoms with van der Waals surface area (Å²) in [5.41, 5.74) is -6.82. The number of rotatable bonds is 17. The van der Waals surface area contributed by atoms with Gasteiger partial charge in [0.1, 0.15) is 35.6 Å². The number of ether oxygens (including phenoxy) is 6. The summed E-state index contributed by atoms with van der Waals surface area (Å²) >= 11 is 0. The molecule has 7 rings (SSSR count). The molecule has 5 aliphatic rings. The lowest BCUT2D eigenvalue weighted by atomic mass is 9.44. The predicted octanol–water partition coefficient (Wildman–Crippen LogP) is 7.80. The van der Waals surface area contributed by atoms with Gasteiger partial charge in [-0.1, -0.05) is 89.6 Å². The zero-order chi connectivity index (χ0) is 53.3. The first-order chi connectivity index (χ1) is 34.4. The summed E-state index contributed by atoms with van der Waals surface area (Å²) in [6, 6.07) is 18.0. The smallest absolute Gasteiger partial charge is 0.408 e. The lowest BCUT2D eigenvalue weighted by Gasteiger charge is -2.67. The maximum Gasteiger partial charge on any atom is 0.408 e. The summed E-state index contributed by atoms with van der Waals surface area (Å²) < 4.78 is 45.5. The molecule has 73 heavy (non-hydrogen) atoms. The van der Waals surface area contributed by atoms with Crippen LogP contribution < -0.4 is 5.32 Å². The first-order valence-corrected chi connectivity index (χ1v) is 28.9. The Balaban J connectivity index is 1.44. The number of aliphatic hydroxyl groups excluding tert-OH is 1. The highest BCUT2D eigenvalue weighted by atomic mass is 28.4. The Hall–Kier alpha value is -4.49. The number of nitrogens with zero attached hydrogens (tertiary/aromatic N) is 1. The van der Waals surface area contributed by atoms with Gasteiger partial charge in [0, 0.05) is 31.7 Å². The number of carbonyl (C=O) groups excluding carboxylic acids is 5. The molecule has 11 atom stereocenters. The number of esters is 3. The fourth-order valence-electron chi connectivity index (χ4n) is 12.5. The highest BCUT2D eigenvalue weighted by Gasteiger charge is 2.78. The molecule has 16 nitrogen and oxygen atoms in total. The van der Waals surface area contributed by atoms with Crippen molar-refractivity contribution in [2.75, 3.05) is 32.8 Å². The number of ketones is 1. The summed E-state index contributed by atoms with van der Waals surface area (Å²) in [6.07, 6.45) is -6.42. The Bertz CT molecular complexity index is 2340. The van der Waals surface area contributed by atoms with Gasteiger partial charge in [-0.3, -0.25) is 9.59 Å². The molecule has 17 heteroatoms. The second-order valence-corrected chi connectivity index (χ2v) is 27.4. The maximum atomic E-state index is 16.2. The van der Waals surface area contributed by atoms with E-state index >= 15 is 9.59 Å². The van der Waals surface area contributed by atoms with Crippen molar-refractivity contribution in [3.05, 3.63) is 82.9 Å². The van der Waals surface area contributed by atoms with Crippen LogP contribution in [0.5, 0.6) is 0 Å². The van der Waals surface area contributed by atoms with Crippen molar-refractivity contribution in [1.82, 2.24) is 10.2 Å². The molecule has 0 radical (unpaired) electrons. The third-order valence-electron chi connectivity index (χ3n) is 17.0. The summed E-state index contributed by atoms with van der Waals surface area (Å²) in [7, 11) is -2.73. The van der Waals surface area contributed by atoms with Crippen molar-refractivity contribution in [3.8, 4) is 0 Å². The van der Waals surface area contributed by atoms with Crippen LogP contribution in [0.15, 0.2) is 71.8 Å². The van der Waals surface area contributed by atoms with Crippen molar-refractivity contribution in [1.29, 1.82) is 0 Å². The Morgan fingerprint density at radius 2 is 1.53 bits per heavy atom.